The van der Waals surface area contributed by atoms with Crippen LogP contribution in [0.4, 0.5) is 4.79 Å². The van der Waals surface area contributed by atoms with E-state index in [4.69, 9.17) is 9.47 Å². The topological polar surface area (TPSA) is 54.6 Å². The molecule has 3 rings (SSSR count). The Hall–Kier alpha value is -2.17. The van der Waals surface area contributed by atoms with Crippen molar-refractivity contribution in [3.8, 4) is 5.75 Å². The highest BCUT2D eigenvalue weighted by Crippen LogP contribution is 2.24. The number of methoxy groups -OCH3 is 1. The van der Waals surface area contributed by atoms with Crippen LogP contribution < -0.4 is 4.74 Å². The van der Waals surface area contributed by atoms with Crippen LogP contribution in [0.3, 0.4) is 0 Å². The molecule has 0 bridgehead atoms. The van der Waals surface area contributed by atoms with Gasteiger partial charge in [-0.05, 0) is 30.2 Å². The number of hydrogen-bond acceptors (Lipinski definition) is 3. The number of carbonyl (C=O) groups excluding carboxylic acids is 1. The summed E-state index contributed by atoms with van der Waals surface area (Å²) in [5.41, 5.74) is 2.27. The average molecular weight is 260 g/mol. The summed E-state index contributed by atoms with van der Waals surface area (Å²) in [5, 5.41) is 1.15. The van der Waals surface area contributed by atoms with Gasteiger partial charge in [-0.1, -0.05) is 0 Å². The minimum absolute atomic E-state index is 0.211. The van der Waals surface area contributed by atoms with E-state index >= 15 is 0 Å². The second kappa shape index (κ2) is 4.84. The number of benzene rings is 1. The summed E-state index contributed by atoms with van der Waals surface area (Å²) >= 11 is 0. The number of rotatable bonds is 4. The summed E-state index contributed by atoms with van der Waals surface area (Å²) in [6, 6.07) is 5.95. The van der Waals surface area contributed by atoms with Gasteiger partial charge in [0.2, 0.25) is 0 Å². The molecule has 0 saturated carbocycles. The van der Waals surface area contributed by atoms with E-state index in [1.165, 1.54) is 5.56 Å². The van der Waals surface area contributed by atoms with Crippen molar-refractivity contribution < 1.29 is 14.3 Å². The first-order chi connectivity index (χ1) is 9.28. The summed E-state index contributed by atoms with van der Waals surface area (Å²) in [6.07, 6.45) is 2.59. The number of amides is 1. The van der Waals surface area contributed by atoms with Crippen molar-refractivity contribution in [2.45, 2.75) is 6.42 Å². The molecule has 1 aliphatic heterocycles. The van der Waals surface area contributed by atoms with Gasteiger partial charge in [-0.3, -0.25) is 0 Å². The number of nitrogens with one attached hydrogen (secondary N) is 1. The van der Waals surface area contributed by atoms with Crippen LogP contribution in [0, 0.1) is 0 Å². The Bertz CT molecular complexity index is 606. The van der Waals surface area contributed by atoms with E-state index in [9.17, 15) is 4.79 Å². The minimum atomic E-state index is -0.211. The van der Waals surface area contributed by atoms with Crippen LogP contribution in [-0.2, 0) is 11.2 Å². The molecule has 1 fully saturated rings. The van der Waals surface area contributed by atoms with Crippen LogP contribution in [0.1, 0.15) is 5.56 Å². The van der Waals surface area contributed by atoms with Gasteiger partial charge in [-0.25, -0.2) is 4.79 Å². The number of ether oxygens (including phenoxy) is 2. The molecule has 0 radical (unpaired) electrons. The van der Waals surface area contributed by atoms with Gasteiger partial charge >= 0.3 is 6.09 Å². The van der Waals surface area contributed by atoms with Crippen molar-refractivity contribution in [3.05, 3.63) is 30.0 Å². The Morgan fingerprint density at radius 2 is 2.37 bits per heavy atom. The zero-order valence-corrected chi connectivity index (χ0v) is 10.8. The van der Waals surface area contributed by atoms with Crippen LogP contribution in [0.5, 0.6) is 5.75 Å². The molecule has 5 nitrogen and oxygen atoms in total. The predicted molar refractivity (Wildman–Crippen MR) is 71.5 cm³/mol. The lowest BCUT2D eigenvalue weighted by Crippen LogP contribution is -2.26. The Labute approximate surface area is 111 Å². The largest absolute Gasteiger partial charge is 0.497 e. The van der Waals surface area contributed by atoms with E-state index in [0.29, 0.717) is 19.7 Å². The fourth-order valence-electron chi connectivity index (χ4n) is 2.38. The standard InChI is InChI=1S/C14H16N2O3/c1-18-11-2-3-13-12(8-11)10(9-15-13)4-5-16-6-7-19-14(16)17/h2-3,8-9,15H,4-7H2,1H3. The summed E-state index contributed by atoms with van der Waals surface area (Å²) < 4.78 is 10.2. The number of carbonyl (C=O) groups is 1. The Morgan fingerprint density at radius 1 is 1.47 bits per heavy atom. The maximum atomic E-state index is 11.4. The highest BCUT2D eigenvalue weighted by atomic mass is 16.6. The second-order valence-electron chi connectivity index (χ2n) is 4.58. The monoisotopic (exact) mass is 260 g/mol. The first kappa shape index (κ1) is 11.9. The summed E-state index contributed by atoms with van der Waals surface area (Å²) in [7, 11) is 1.66. The lowest BCUT2D eigenvalue weighted by molar-refractivity contribution is 0.159. The molecule has 2 aromatic rings. The minimum Gasteiger partial charge on any atom is -0.497 e. The fraction of sp³-hybridized carbons (Fsp3) is 0.357. The van der Waals surface area contributed by atoms with E-state index < -0.39 is 0 Å². The summed E-state index contributed by atoms with van der Waals surface area (Å²) in [4.78, 5) is 16.3. The van der Waals surface area contributed by atoms with Gasteiger partial charge in [0, 0.05) is 23.6 Å². The van der Waals surface area contributed by atoms with E-state index in [2.05, 4.69) is 4.98 Å². The van der Waals surface area contributed by atoms with Crippen LogP contribution in [-0.4, -0.2) is 42.8 Å². The molecule has 1 N–H and O–H groups in total. The average Bonchev–Trinajstić information content (AvgIpc) is 3.02. The summed E-state index contributed by atoms with van der Waals surface area (Å²) in [5.74, 6) is 0.842. The van der Waals surface area contributed by atoms with Crippen LogP contribution >= 0.6 is 0 Å². The van der Waals surface area contributed by atoms with Gasteiger partial charge in [0.1, 0.15) is 12.4 Å². The van der Waals surface area contributed by atoms with E-state index in [-0.39, 0.29) is 6.09 Å². The predicted octanol–water partition coefficient (Wildman–Crippen LogP) is 2.17. The van der Waals surface area contributed by atoms with Gasteiger partial charge < -0.3 is 19.4 Å². The number of aromatic nitrogens is 1. The van der Waals surface area contributed by atoms with Gasteiger partial charge in [0.05, 0.1) is 13.7 Å². The van der Waals surface area contributed by atoms with Gasteiger partial charge in [0.25, 0.3) is 0 Å². The van der Waals surface area contributed by atoms with E-state index in [0.717, 1.165) is 23.1 Å². The molecule has 1 aromatic carbocycles. The first-order valence-electron chi connectivity index (χ1n) is 6.33. The van der Waals surface area contributed by atoms with Crippen molar-refractivity contribution >= 4 is 17.0 Å². The number of H-pyrrole nitrogens is 1. The molecule has 5 heteroatoms. The number of fused-ring (bicyclic) bond motifs is 1. The third-order valence-corrected chi connectivity index (χ3v) is 3.47. The fourth-order valence-corrected chi connectivity index (χ4v) is 2.38. The number of aromatic amines is 1. The Balaban J connectivity index is 1.78. The number of hydrogen-bond donors (Lipinski definition) is 1. The zero-order chi connectivity index (χ0) is 13.2. The zero-order valence-electron chi connectivity index (χ0n) is 10.8. The molecule has 1 aliphatic rings. The Kier molecular flexibility index (Phi) is 3.03. The van der Waals surface area contributed by atoms with Gasteiger partial charge in [-0.15, -0.1) is 0 Å². The van der Waals surface area contributed by atoms with Crippen LogP contribution in [0.15, 0.2) is 24.4 Å². The molecular weight excluding hydrogens is 244 g/mol. The van der Waals surface area contributed by atoms with Crippen LogP contribution in [0.2, 0.25) is 0 Å². The third-order valence-electron chi connectivity index (χ3n) is 3.47. The molecule has 19 heavy (non-hydrogen) atoms. The molecule has 0 spiro atoms. The van der Waals surface area contributed by atoms with E-state index in [1.54, 1.807) is 12.0 Å². The molecule has 0 atom stereocenters. The van der Waals surface area contributed by atoms with Crippen molar-refractivity contribution in [3.63, 3.8) is 0 Å². The molecular formula is C14H16N2O3. The molecule has 0 aliphatic carbocycles. The molecule has 1 saturated heterocycles. The molecule has 100 valence electrons. The van der Waals surface area contributed by atoms with Crippen LogP contribution in [0.25, 0.3) is 10.9 Å². The summed E-state index contributed by atoms with van der Waals surface area (Å²) in [6.45, 7) is 1.87. The smallest absolute Gasteiger partial charge is 0.409 e. The highest BCUT2D eigenvalue weighted by Gasteiger charge is 2.21. The third kappa shape index (κ3) is 2.23. The molecule has 2 heterocycles. The normalized spacial score (nSPS) is 15.0. The molecule has 1 aromatic heterocycles. The maximum absolute atomic E-state index is 11.4. The number of nitrogens with zero attached hydrogens (tertiary/aromatic N) is 1. The molecule has 0 unspecified atom stereocenters. The maximum Gasteiger partial charge on any atom is 0.409 e. The van der Waals surface area contributed by atoms with Gasteiger partial charge in [0.15, 0.2) is 0 Å². The second-order valence-corrected chi connectivity index (χ2v) is 4.58. The lowest BCUT2D eigenvalue weighted by Gasteiger charge is -2.11. The lowest BCUT2D eigenvalue weighted by atomic mass is 10.1. The van der Waals surface area contributed by atoms with Crippen molar-refractivity contribution in [2.75, 3.05) is 26.8 Å². The quantitative estimate of drug-likeness (QED) is 0.916. The van der Waals surface area contributed by atoms with Crippen molar-refractivity contribution in [1.29, 1.82) is 0 Å². The highest BCUT2D eigenvalue weighted by molar-refractivity contribution is 5.84. The van der Waals surface area contributed by atoms with Crippen molar-refractivity contribution in [2.24, 2.45) is 0 Å². The Morgan fingerprint density at radius 3 is 3.11 bits per heavy atom. The van der Waals surface area contributed by atoms with Crippen molar-refractivity contribution in [1.82, 2.24) is 9.88 Å². The number of cyclic esters (lactones) is 1. The first-order valence-corrected chi connectivity index (χ1v) is 6.33. The van der Waals surface area contributed by atoms with E-state index in [1.807, 2.05) is 24.4 Å². The SMILES string of the molecule is COc1ccc2[nH]cc(CCN3CCOC3=O)c2c1. The van der Waals surface area contributed by atoms with Gasteiger partial charge in [-0.2, -0.15) is 0 Å². The molecule has 1 amide bonds.